The van der Waals surface area contributed by atoms with E-state index in [1.54, 1.807) is 12.0 Å². The molecule has 1 aromatic carbocycles. The number of benzene rings is 1. The Balaban J connectivity index is 1.83. The summed E-state index contributed by atoms with van der Waals surface area (Å²) in [7, 11) is 1.62. The number of methoxy groups -OCH3 is 1. The van der Waals surface area contributed by atoms with E-state index in [1.807, 2.05) is 18.2 Å². The largest absolute Gasteiger partial charge is 0.481 e. The van der Waals surface area contributed by atoms with Crippen LogP contribution in [0.15, 0.2) is 24.3 Å². The van der Waals surface area contributed by atoms with Gasteiger partial charge in [-0.1, -0.05) is 24.3 Å². The van der Waals surface area contributed by atoms with E-state index in [4.69, 9.17) is 9.84 Å². The predicted molar refractivity (Wildman–Crippen MR) is 85.3 cm³/mol. The minimum absolute atomic E-state index is 0.0139. The van der Waals surface area contributed by atoms with Crippen molar-refractivity contribution in [1.82, 2.24) is 4.90 Å². The highest BCUT2D eigenvalue weighted by atomic mass is 16.5. The number of carbonyl (C=O) groups is 2. The molecule has 1 amide bonds. The molecule has 3 unspecified atom stereocenters. The number of rotatable bonds is 4. The van der Waals surface area contributed by atoms with Gasteiger partial charge in [-0.3, -0.25) is 9.59 Å². The van der Waals surface area contributed by atoms with Crippen LogP contribution in [0.25, 0.3) is 0 Å². The Morgan fingerprint density at radius 1 is 1.35 bits per heavy atom. The monoisotopic (exact) mass is 317 g/mol. The van der Waals surface area contributed by atoms with E-state index < -0.39 is 5.97 Å². The van der Waals surface area contributed by atoms with E-state index in [0.717, 1.165) is 24.8 Å². The van der Waals surface area contributed by atoms with Gasteiger partial charge in [-0.05, 0) is 36.8 Å². The molecule has 1 aromatic rings. The van der Waals surface area contributed by atoms with Gasteiger partial charge in [-0.2, -0.15) is 0 Å². The molecule has 1 saturated heterocycles. The lowest BCUT2D eigenvalue weighted by Crippen LogP contribution is -2.41. The summed E-state index contributed by atoms with van der Waals surface area (Å²) in [5.41, 5.74) is 2.35. The Morgan fingerprint density at radius 2 is 2.13 bits per heavy atom. The Hall–Kier alpha value is -1.88. The van der Waals surface area contributed by atoms with Crippen LogP contribution in [0.5, 0.6) is 0 Å². The molecule has 0 saturated carbocycles. The highest BCUT2D eigenvalue weighted by molar-refractivity contribution is 5.85. The molecule has 5 heteroatoms. The van der Waals surface area contributed by atoms with Crippen molar-refractivity contribution in [3.63, 3.8) is 0 Å². The number of ether oxygens (including phenoxy) is 1. The Bertz CT molecular complexity index is 600. The van der Waals surface area contributed by atoms with Gasteiger partial charge in [0.05, 0.1) is 18.4 Å². The summed E-state index contributed by atoms with van der Waals surface area (Å²) in [6.45, 7) is 0.492. The summed E-state index contributed by atoms with van der Waals surface area (Å²) in [5, 5.41) is 9.12. The number of fused-ring (bicyclic) bond motifs is 1. The average molecular weight is 317 g/mol. The lowest BCUT2D eigenvalue weighted by molar-refractivity contribution is -0.140. The fraction of sp³-hybridized carbons (Fsp3) is 0.556. The molecule has 0 radical (unpaired) electrons. The molecule has 1 N–H and O–H groups in total. The van der Waals surface area contributed by atoms with Crippen molar-refractivity contribution in [3.05, 3.63) is 35.4 Å². The molecule has 124 valence electrons. The van der Waals surface area contributed by atoms with Crippen LogP contribution in [0.2, 0.25) is 0 Å². The first kappa shape index (κ1) is 16.0. The molecule has 0 bridgehead atoms. The van der Waals surface area contributed by atoms with Gasteiger partial charge in [0.25, 0.3) is 0 Å². The van der Waals surface area contributed by atoms with Gasteiger partial charge in [-0.25, -0.2) is 0 Å². The van der Waals surface area contributed by atoms with Crippen molar-refractivity contribution in [2.75, 3.05) is 13.7 Å². The minimum atomic E-state index is -0.867. The summed E-state index contributed by atoms with van der Waals surface area (Å²) in [5.74, 6) is -0.955. The summed E-state index contributed by atoms with van der Waals surface area (Å²) in [6.07, 6.45) is 3.37. The molecule has 1 heterocycles. The lowest BCUT2D eigenvalue weighted by atomic mass is 9.82. The Kier molecular flexibility index (Phi) is 4.66. The van der Waals surface area contributed by atoms with Gasteiger partial charge in [0.2, 0.25) is 5.91 Å². The summed E-state index contributed by atoms with van der Waals surface area (Å²) in [4.78, 5) is 26.0. The SMILES string of the molecule is COC1CC(CC(=O)O)N(C(=O)C2CCCc3ccccc32)C1. The van der Waals surface area contributed by atoms with Gasteiger partial charge in [-0.15, -0.1) is 0 Å². The number of likely N-dealkylation sites (tertiary alicyclic amines) is 1. The third kappa shape index (κ3) is 3.24. The van der Waals surface area contributed by atoms with Crippen LogP contribution in [0.3, 0.4) is 0 Å². The minimum Gasteiger partial charge on any atom is -0.481 e. The summed E-state index contributed by atoms with van der Waals surface area (Å²) < 4.78 is 5.37. The molecule has 1 aliphatic carbocycles. The zero-order valence-corrected chi connectivity index (χ0v) is 13.4. The molecule has 23 heavy (non-hydrogen) atoms. The molecule has 0 aromatic heterocycles. The maximum absolute atomic E-state index is 13.1. The zero-order valence-electron chi connectivity index (χ0n) is 13.4. The number of carboxylic acids is 1. The van der Waals surface area contributed by atoms with Crippen LogP contribution in [0, 0.1) is 0 Å². The number of nitrogens with zero attached hydrogens (tertiary/aromatic N) is 1. The van der Waals surface area contributed by atoms with Crippen LogP contribution in [-0.2, 0) is 20.7 Å². The van der Waals surface area contributed by atoms with Crippen molar-refractivity contribution in [1.29, 1.82) is 0 Å². The smallest absolute Gasteiger partial charge is 0.305 e. The van der Waals surface area contributed by atoms with Crippen molar-refractivity contribution in [2.24, 2.45) is 0 Å². The maximum atomic E-state index is 13.1. The second kappa shape index (κ2) is 6.71. The summed E-state index contributed by atoms with van der Waals surface area (Å²) >= 11 is 0. The van der Waals surface area contributed by atoms with Gasteiger partial charge in [0.1, 0.15) is 0 Å². The molecule has 1 fully saturated rings. The first-order valence-corrected chi connectivity index (χ1v) is 8.23. The van der Waals surface area contributed by atoms with E-state index in [2.05, 4.69) is 6.07 Å². The standard InChI is InChI=1S/C18H23NO4/c1-23-14-9-13(10-17(20)21)19(11-14)18(22)16-8-4-6-12-5-2-3-7-15(12)16/h2-3,5,7,13-14,16H,4,6,8-11H2,1H3,(H,20,21). The van der Waals surface area contributed by atoms with Crippen LogP contribution < -0.4 is 0 Å². The van der Waals surface area contributed by atoms with Crippen LogP contribution in [-0.4, -0.2) is 47.7 Å². The van der Waals surface area contributed by atoms with E-state index in [1.165, 1.54) is 5.56 Å². The molecule has 2 aliphatic rings. The average Bonchev–Trinajstić information content (AvgIpc) is 2.96. The molecule has 3 rings (SSSR count). The number of amides is 1. The predicted octanol–water partition coefficient (Wildman–Crippen LogP) is 2.20. The van der Waals surface area contributed by atoms with E-state index in [9.17, 15) is 9.59 Å². The van der Waals surface area contributed by atoms with Gasteiger partial charge in [0, 0.05) is 19.7 Å². The van der Waals surface area contributed by atoms with E-state index >= 15 is 0 Å². The molecule has 3 atom stereocenters. The first-order valence-electron chi connectivity index (χ1n) is 8.23. The van der Waals surface area contributed by atoms with Gasteiger partial charge < -0.3 is 14.7 Å². The zero-order chi connectivity index (χ0) is 16.4. The van der Waals surface area contributed by atoms with Crippen molar-refractivity contribution in [2.45, 2.75) is 50.2 Å². The fourth-order valence-corrected chi connectivity index (χ4v) is 3.92. The highest BCUT2D eigenvalue weighted by Gasteiger charge is 2.40. The maximum Gasteiger partial charge on any atom is 0.305 e. The third-order valence-corrected chi connectivity index (χ3v) is 5.07. The second-order valence-corrected chi connectivity index (χ2v) is 6.48. The molecule has 0 spiro atoms. The molecule has 5 nitrogen and oxygen atoms in total. The number of hydrogen-bond donors (Lipinski definition) is 1. The van der Waals surface area contributed by atoms with Crippen molar-refractivity contribution >= 4 is 11.9 Å². The number of carbonyl (C=O) groups excluding carboxylic acids is 1. The third-order valence-electron chi connectivity index (χ3n) is 5.07. The van der Waals surface area contributed by atoms with E-state index in [0.29, 0.717) is 13.0 Å². The molecule has 1 aliphatic heterocycles. The van der Waals surface area contributed by atoms with Crippen LogP contribution in [0.1, 0.15) is 42.7 Å². The van der Waals surface area contributed by atoms with Crippen molar-refractivity contribution in [3.8, 4) is 0 Å². The molecular formula is C18H23NO4. The topological polar surface area (TPSA) is 66.8 Å². The Labute approximate surface area is 136 Å². The fourth-order valence-electron chi connectivity index (χ4n) is 3.92. The highest BCUT2D eigenvalue weighted by Crippen LogP contribution is 2.35. The number of carboxylic acid groups (broad SMARTS) is 1. The van der Waals surface area contributed by atoms with Gasteiger partial charge >= 0.3 is 5.97 Å². The second-order valence-electron chi connectivity index (χ2n) is 6.48. The summed E-state index contributed by atoms with van der Waals surface area (Å²) in [6, 6.07) is 7.84. The quantitative estimate of drug-likeness (QED) is 0.924. The van der Waals surface area contributed by atoms with Crippen LogP contribution >= 0.6 is 0 Å². The van der Waals surface area contributed by atoms with E-state index in [-0.39, 0.29) is 30.4 Å². The molecular weight excluding hydrogens is 294 g/mol. The first-order chi connectivity index (χ1) is 11.1. The van der Waals surface area contributed by atoms with Crippen LogP contribution in [0.4, 0.5) is 0 Å². The lowest BCUT2D eigenvalue weighted by Gasteiger charge is -2.31. The van der Waals surface area contributed by atoms with Crippen molar-refractivity contribution < 1.29 is 19.4 Å². The van der Waals surface area contributed by atoms with Gasteiger partial charge in [0.15, 0.2) is 0 Å². The normalized spacial score (nSPS) is 26.8. The number of hydrogen-bond acceptors (Lipinski definition) is 3. The Morgan fingerprint density at radius 3 is 2.87 bits per heavy atom. The number of aliphatic carboxylic acids is 1. The number of aryl methyl sites for hydroxylation is 1.